The minimum Gasteiger partial charge on any atom is -0.494 e. The van der Waals surface area contributed by atoms with Crippen molar-refractivity contribution in [3.63, 3.8) is 0 Å². The first-order valence-corrected chi connectivity index (χ1v) is 6.56. The summed E-state index contributed by atoms with van der Waals surface area (Å²) in [5.74, 6) is 0.840. The number of rotatable bonds is 5. The van der Waals surface area contributed by atoms with Gasteiger partial charge in [0.15, 0.2) is 0 Å². The van der Waals surface area contributed by atoms with Crippen molar-refractivity contribution in [3.05, 3.63) is 69.3 Å². The molecule has 0 bridgehead atoms. The van der Waals surface area contributed by atoms with Gasteiger partial charge in [0.05, 0.1) is 11.5 Å². The smallest absolute Gasteiger partial charge is 0.269 e. The van der Waals surface area contributed by atoms with Gasteiger partial charge in [-0.1, -0.05) is 18.2 Å². The van der Waals surface area contributed by atoms with E-state index in [4.69, 9.17) is 4.74 Å². The monoisotopic (exact) mass is 271 g/mol. The van der Waals surface area contributed by atoms with E-state index in [-0.39, 0.29) is 10.6 Å². The molecule has 0 radical (unpaired) electrons. The Labute approximate surface area is 118 Å². The van der Waals surface area contributed by atoms with Gasteiger partial charge in [0.1, 0.15) is 5.75 Å². The van der Waals surface area contributed by atoms with Gasteiger partial charge in [-0.25, -0.2) is 0 Å². The van der Waals surface area contributed by atoms with E-state index < -0.39 is 0 Å². The molecule has 0 N–H and O–H groups in total. The number of nitro benzene ring substituents is 1. The molecule has 20 heavy (non-hydrogen) atoms. The third kappa shape index (κ3) is 3.35. The minimum absolute atomic E-state index is 0.136. The van der Waals surface area contributed by atoms with E-state index in [0.717, 1.165) is 22.4 Å². The van der Waals surface area contributed by atoms with Crippen LogP contribution in [-0.2, 0) is 6.42 Å². The van der Waals surface area contributed by atoms with Crippen molar-refractivity contribution in [2.24, 2.45) is 0 Å². The summed E-state index contributed by atoms with van der Waals surface area (Å²) >= 11 is 0. The van der Waals surface area contributed by atoms with Crippen LogP contribution >= 0.6 is 0 Å². The van der Waals surface area contributed by atoms with Gasteiger partial charge in [0.2, 0.25) is 0 Å². The number of nitrogens with zero attached hydrogens (tertiary/aromatic N) is 1. The molecule has 2 aromatic rings. The average Bonchev–Trinajstić information content (AvgIpc) is 2.43. The Kier molecular flexibility index (Phi) is 4.35. The quantitative estimate of drug-likeness (QED) is 0.612. The van der Waals surface area contributed by atoms with Gasteiger partial charge in [0, 0.05) is 12.1 Å². The fourth-order valence-corrected chi connectivity index (χ4v) is 2.05. The molecule has 0 aliphatic heterocycles. The Bertz CT molecular complexity index is 606. The predicted octanol–water partition coefficient (Wildman–Crippen LogP) is 3.89. The number of hydrogen-bond donors (Lipinski definition) is 0. The van der Waals surface area contributed by atoms with E-state index in [0.29, 0.717) is 13.0 Å². The predicted molar refractivity (Wildman–Crippen MR) is 78.3 cm³/mol. The number of nitro groups is 1. The maximum Gasteiger partial charge on any atom is 0.269 e. The summed E-state index contributed by atoms with van der Waals surface area (Å²) in [5, 5.41) is 10.8. The van der Waals surface area contributed by atoms with Crippen molar-refractivity contribution in [3.8, 4) is 5.75 Å². The summed E-state index contributed by atoms with van der Waals surface area (Å²) in [6.07, 6.45) is 0.680. The Balaban J connectivity index is 2.20. The first kappa shape index (κ1) is 14.1. The van der Waals surface area contributed by atoms with Gasteiger partial charge in [-0.15, -0.1) is 0 Å². The zero-order valence-corrected chi connectivity index (χ0v) is 11.6. The molecule has 4 heteroatoms. The molecule has 0 heterocycles. The number of aryl methyl sites for hydroxylation is 1. The van der Waals surface area contributed by atoms with E-state index in [1.807, 2.05) is 38.1 Å². The Morgan fingerprint density at radius 2 is 1.85 bits per heavy atom. The number of non-ortho nitro benzene ring substituents is 1. The second-order valence-corrected chi connectivity index (χ2v) is 4.62. The maximum atomic E-state index is 10.8. The topological polar surface area (TPSA) is 52.4 Å². The van der Waals surface area contributed by atoms with Crippen molar-refractivity contribution in [1.82, 2.24) is 0 Å². The molecule has 0 aliphatic carbocycles. The Hall–Kier alpha value is -2.36. The second-order valence-electron chi connectivity index (χ2n) is 4.62. The molecule has 0 fully saturated rings. The highest BCUT2D eigenvalue weighted by Gasteiger charge is 2.09. The standard InChI is InChI=1S/C16H17NO3/c1-3-20-16-8-5-13(6-9-16)10-14-11-15(17(18)19)7-4-12(14)2/h4-9,11H,3,10H2,1-2H3. The summed E-state index contributed by atoms with van der Waals surface area (Å²) < 4.78 is 5.40. The molecule has 0 unspecified atom stereocenters. The van der Waals surface area contributed by atoms with Gasteiger partial charge in [0.25, 0.3) is 5.69 Å². The molecule has 104 valence electrons. The van der Waals surface area contributed by atoms with Crippen LogP contribution in [0.25, 0.3) is 0 Å². The lowest BCUT2D eigenvalue weighted by Gasteiger charge is -2.07. The molecule has 0 saturated carbocycles. The maximum absolute atomic E-state index is 10.8. The van der Waals surface area contributed by atoms with Gasteiger partial charge in [-0.05, 0) is 49.1 Å². The highest BCUT2D eigenvalue weighted by atomic mass is 16.6. The Morgan fingerprint density at radius 1 is 1.15 bits per heavy atom. The highest BCUT2D eigenvalue weighted by molar-refractivity contribution is 5.42. The van der Waals surface area contributed by atoms with Gasteiger partial charge >= 0.3 is 0 Å². The summed E-state index contributed by atoms with van der Waals surface area (Å²) in [6.45, 7) is 4.55. The van der Waals surface area contributed by atoms with Crippen LogP contribution in [0, 0.1) is 17.0 Å². The summed E-state index contributed by atoms with van der Waals surface area (Å²) in [4.78, 5) is 10.5. The van der Waals surface area contributed by atoms with Crippen LogP contribution < -0.4 is 4.74 Å². The molecule has 0 aliphatic rings. The molecule has 0 spiro atoms. The molecule has 2 aromatic carbocycles. The number of benzene rings is 2. The molecule has 0 aromatic heterocycles. The van der Waals surface area contributed by atoms with Crippen LogP contribution in [0.1, 0.15) is 23.6 Å². The lowest BCUT2D eigenvalue weighted by Crippen LogP contribution is -1.96. The minimum atomic E-state index is -0.360. The van der Waals surface area contributed by atoms with Gasteiger partial charge < -0.3 is 4.74 Å². The average molecular weight is 271 g/mol. The van der Waals surface area contributed by atoms with Crippen LogP contribution in [0.15, 0.2) is 42.5 Å². The van der Waals surface area contributed by atoms with Crippen molar-refractivity contribution in [2.75, 3.05) is 6.61 Å². The largest absolute Gasteiger partial charge is 0.494 e. The van der Waals surface area contributed by atoms with E-state index >= 15 is 0 Å². The lowest BCUT2D eigenvalue weighted by molar-refractivity contribution is -0.384. The highest BCUT2D eigenvalue weighted by Crippen LogP contribution is 2.21. The van der Waals surface area contributed by atoms with Crippen molar-refractivity contribution in [1.29, 1.82) is 0 Å². The first-order valence-electron chi connectivity index (χ1n) is 6.56. The van der Waals surface area contributed by atoms with Crippen LogP contribution in [-0.4, -0.2) is 11.5 Å². The van der Waals surface area contributed by atoms with Gasteiger partial charge in [-0.2, -0.15) is 0 Å². The van der Waals surface area contributed by atoms with Crippen LogP contribution in [0.3, 0.4) is 0 Å². The van der Waals surface area contributed by atoms with Crippen LogP contribution in [0.2, 0.25) is 0 Å². The van der Waals surface area contributed by atoms with Crippen molar-refractivity contribution < 1.29 is 9.66 Å². The zero-order valence-electron chi connectivity index (χ0n) is 11.6. The summed E-state index contributed by atoms with van der Waals surface area (Å²) in [7, 11) is 0. The van der Waals surface area contributed by atoms with E-state index in [2.05, 4.69) is 0 Å². The fourth-order valence-electron chi connectivity index (χ4n) is 2.05. The molecule has 0 atom stereocenters. The van der Waals surface area contributed by atoms with E-state index in [1.54, 1.807) is 12.1 Å². The summed E-state index contributed by atoms with van der Waals surface area (Å²) in [6, 6.07) is 12.8. The molecular formula is C16H17NO3. The molecular weight excluding hydrogens is 254 g/mol. The zero-order chi connectivity index (χ0) is 14.5. The normalized spacial score (nSPS) is 10.3. The van der Waals surface area contributed by atoms with E-state index in [9.17, 15) is 10.1 Å². The van der Waals surface area contributed by atoms with E-state index in [1.165, 1.54) is 6.07 Å². The SMILES string of the molecule is CCOc1ccc(Cc2cc([N+](=O)[O-])ccc2C)cc1. The lowest BCUT2D eigenvalue weighted by atomic mass is 10.00. The van der Waals surface area contributed by atoms with Crippen molar-refractivity contribution in [2.45, 2.75) is 20.3 Å². The molecule has 0 amide bonds. The second kappa shape index (κ2) is 6.19. The number of hydrogen-bond acceptors (Lipinski definition) is 3. The Morgan fingerprint density at radius 3 is 2.45 bits per heavy atom. The number of ether oxygens (including phenoxy) is 1. The summed E-state index contributed by atoms with van der Waals surface area (Å²) in [5.41, 5.74) is 3.28. The molecule has 4 nitrogen and oxygen atoms in total. The molecule has 0 saturated heterocycles. The molecule has 2 rings (SSSR count). The third-order valence-electron chi connectivity index (χ3n) is 3.17. The van der Waals surface area contributed by atoms with Crippen molar-refractivity contribution >= 4 is 5.69 Å². The van der Waals surface area contributed by atoms with Gasteiger partial charge in [-0.3, -0.25) is 10.1 Å². The first-order chi connectivity index (χ1) is 9.60. The third-order valence-corrected chi connectivity index (χ3v) is 3.17. The van der Waals surface area contributed by atoms with Crippen LogP contribution in [0.4, 0.5) is 5.69 Å². The fraction of sp³-hybridized carbons (Fsp3) is 0.250. The van der Waals surface area contributed by atoms with Crippen LogP contribution in [0.5, 0.6) is 5.75 Å².